The molecule has 6 rings (SSSR count). The largest absolute Gasteiger partial charge is 0.481 e. The van der Waals surface area contributed by atoms with Gasteiger partial charge in [0.05, 0.1) is 23.7 Å². The number of likely N-dealkylation sites (N-methyl/N-ethyl adjacent to an activating group) is 1. The molecule has 0 bridgehead atoms. The molecule has 9 atom stereocenters. The standard InChI is InChI=1S/C54H81ClN2O9/c1-33(2)44-37(58)28-54(41(66-43(60)30-49(5,6)47(63)64)32-57(27-26-56(12)13)31-34-14-16-35(55)17-15-34)25-24-52(10)36(45(44)54)18-19-39-51(9)22-21-40(65-42(59)29-48(3,4)46(61)62)50(7,8)38(51)20-23-53(39,52)11/h14-17,33,36,38-41H,18-32H2,1-13H3,(H,61,62)(H,63,64)/t36-,38+,39-,40+,41+,51+,52-,53-,54-/m1/s1. The number of rotatable bonds is 17. The minimum Gasteiger partial charge on any atom is -0.481 e. The van der Waals surface area contributed by atoms with E-state index in [0.717, 1.165) is 62.6 Å². The van der Waals surface area contributed by atoms with Gasteiger partial charge in [0.2, 0.25) is 0 Å². The highest BCUT2D eigenvalue weighted by Gasteiger charge is 2.71. The molecule has 2 N–H and O–H groups in total. The van der Waals surface area contributed by atoms with Crippen molar-refractivity contribution in [3.05, 3.63) is 46.0 Å². The van der Waals surface area contributed by atoms with Crippen molar-refractivity contribution in [1.82, 2.24) is 9.80 Å². The number of allylic oxidation sites excluding steroid dienone is 1. The number of nitrogens with zero attached hydrogens (tertiary/aromatic N) is 2. The van der Waals surface area contributed by atoms with Gasteiger partial charge in [-0.25, -0.2) is 0 Å². The van der Waals surface area contributed by atoms with Gasteiger partial charge in [-0.3, -0.25) is 28.9 Å². The first kappa shape index (κ1) is 52.1. The Morgan fingerprint density at radius 1 is 0.788 bits per heavy atom. The van der Waals surface area contributed by atoms with Crippen LogP contribution in [0.5, 0.6) is 0 Å². The minimum absolute atomic E-state index is 0.0309. The minimum atomic E-state index is -1.33. The van der Waals surface area contributed by atoms with Gasteiger partial charge in [0, 0.05) is 48.5 Å². The Hall–Kier alpha value is -3.28. The Balaban J connectivity index is 1.38. The summed E-state index contributed by atoms with van der Waals surface area (Å²) in [6, 6.07) is 7.81. The van der Waals surface area contributed by atoms with Crippen molar-refractivity contribution < 1.29 is 43.7 Å². The zero-order chi connectivity index (χ0) is 49.2. The first-order valence-electron chi connectivity index (χ1n) is 24.7. The zero-order valence-electron chi connectivity index (χ0n) is 42.4. The van der Waals surface area contributed by atoms with Gasteiger partial charge in [0.15, 0.2) is 5.78 Å². The lowest BCUT2D eigenvalue weighted by atomic mass is 9.33. The molecule has 0 unspecified atom stereocenters. The SMILES string of the molecule is CC(C)C1=C2[C@H]3CC[C@@H]4[C@@]5(C)CC[C@H](OC(=O)CC(C)(C)C(=O)O)C(C)(C)[C@@H]5CC[C@@]4(C)[C@]3(C)CC[C@]2([C@H](CN(CCN(C)C)Cc2ccc(Cl)cc2)OC(=O)CC(C)(C)C(=O)O)CC1=O. The Morgan fingerprint density at radius 3 is 1.97 bits per heavy atom. The summed E-state index contributed by atoms with van der Waals surface area (Å²) in [7, 11) is 4.08. The van der Waals surface area contributed by atoms with Gasteiger partial charge >= 0.3 is 23.9 Å². The van der Waals surface area contributed by atoms with Crippen LogP contribution in [0.2, 0.25) is 5.02 Å². The molecule has 11 nitrogen and oxygen atoms in total. The van der Waals surface area contributed by atoms with Crippen molar-refractivity contribution in [3.8, 4) is 0 Å². The summed E-state index contributed by atoms with van der Waals surface area (Å²) in [5, 5.41) is 20.4. The van der Waals surface area contributed by atoms with E-state index in [0.29, 0.717) is 37.0 Å². The third-order valence-corrected chi connectivity index (χ3v) is 18.8. The maximum Gasteiger partial charge on any atom is 0.309 e. The number of Topliss-reactive ketones (excluding diaryl/α,β-unsaturated/α-hetero) is 1. The van der Waals surface area contributed by atoms with Gasteiger partial charge < -0.3 is 24.6 Å². The zero-order valence-corrected chi connectivity index (χ0v) is 43.2. The molecule has 0 amide bonds. The summed E-state index contributed by atoms with van der Waals surface area (Å²) in [5.74, 6) is -2.24. The molecule has 0 aliphatic heterocycles. The second kappa shape index (κ2) is 18.6. The summed E-state index contributed by atoms with van der Waals surface area (Å²) in [4.78, 5) is 71.0. The van der Waals surface area contributed by atoms with Gasteiger partial charge in [-0.15, -0.1) is 0 Å². The highest BCUT2D eigenvalue weighted by atomic mass is 35.5. The number of carboxylic acid groups (broad SMARTS) is 2. The van der Waals surface area contributed by atoms with Crippen LogP contribution in [0.15, 0.2) is 35.4 Å². The number of halogens is 1. The normalized spacial score (nSPS) is 32.3. The molecule has 66 heavy (non-hydrogen) atoms. The summed E-state index contributed by atoms with van der Waals surface area (Å²) in [6.07, 6.45) is 5.84. The monoisotopic (exact) mass is 937 g/mol. The van der Waals surface area contributed by atoms with E-state index >= 15 is 0 Å². The molecule has 12 heteroatoms. The lowest BCUT2D eigenvalue weighted by Gasteiger charge is -2.72. The Labute approximate surface area is 400 Å². The number of ketones is 1. The third-order valence-electron chi connectivity index (χ3n) is 18.5. The Kier molecular flexibility index (Phi) is 14.7. The fraction of sp³-hybridized carbons (Fsp3) is 0.759. The topological polar surface area (TPSA) is 151 Å². The molecule has 0 heterocycles. The predicted octanol–water partition coefficient (Wildman–Crippen LogP) is 10.5. The molecule has 5 aliphatic carbocycles. The van der Waals surface area contributed by atoms with Crippen LogP contribution in [0.1, 0.15) is 152 Å². The van der Waals surface area contributed by atoms with E-state index in [1.807, 2.05) is 38.4 Å². The average molecular weight is 938 g/mol. The van der Waals surface area contributed by atoms with E-state index < -0.39 is 46.2 Å². The summed E-state index contributed by atoms with van der Waals surface area (Å²) >= 11 is 6.31. The van der Waals surface area contributed by atoms with E-state index in [4.69, 9.17) is 21.1 Å². The second-order valence-electron chi connectivity index (χ2n) is 24.6. The van der Waals surface area contributed by atoms with Crippen molar-refractivity contribution in [3.63, 3.8) is 0 Å². The number of carbonyl (C=O) groups excluding carboxylic acids is 3. The van der Waals surface area contributed by atoms with E-state index in [2.05, 4.69) is 58.3 Å². The lowest BCUT2D eigenvalue weighted by molar-refractivity contribution is -0.235. The number of fused-ring (bicyclic) bond motifs is 7. The summed E-state index contributed by atoms with van der Waals surface area (Å²) in [5.41, 5.74) is -0.739. The number of hydrogen-bond donors (Lipinski definition) is 2. The molecule has 0 aromatic heterocycles. The van der Waals surface area contributed by atoms with Gasteiger partial charge in [-0.05, 0) is 162 Å². The average Bonchev–Trinajstić information content (AvgIpc) is 3.51. The number of hydrogen-bond acceptors (Lipinski definition) is 9. The van der Waals surface area contributed by atoms with Crippen LogP contribution >= 0.6 is 11.6 Å². The molecular weight excluding hydrogens is 856 g/mol. The van der Waals surface area contributed by atoms with Crippen LogP contribution < -0.4 is 0 Å². The number of carbonyl (C=O) groups is 5. The van der Waals surface area contributed by atoms with Crippen LogP contribution in [0.25, 0.3) is 0 Å². The quantitative estimate of drug-likeness (QED) is 0.144. The van der Waals surface area contributed by atoms with Gasteiger partial charge in [0.25, 0.3) is 0 Å². The second-order valence-corrected chi connectivity index (χ2v) is 25.0. The van der Waals surface area contributed by atoms with Crippen molar-refractivity contribution in [1.29, 1.82) is 0 Å². The number of ether oxygens (including phenoxy) is 2. The molecular formula is C54H81ClN2O9. The van der Waals surface area contributed by atoms with Crippen molar-refractivity contribution in [2.45, 2.75) is 166 Å². The molecule has 1 aromatic carbocycles. The molecule has 0 radical (unpaired) electrons. The molecule has 0 saturated heterocycles. The van der Waals surface area contributed by atoms with E-state index in [1.165, 1.54) is 5.57 Å². The highest BCUT2D eigenvalue weighted by Crippen LogP contribution is 2.77. The molecule has 368 valence electrons. The van der Waals surface area contributed by atoms with E-state index in [-0.39, 0.29) is 70.6 Å². The number of benzene rings is 1. The fourth-order valence-corrected chi connectivity index (χ4v) is 14.6. The van der Waals surface area contributed by atoms with Crippen LogP contribution in [0, 0.1) is 61.6 Å². The number of carboxylic acids is 2. The number of aliphatic carboxylic acids is 2. The summed E-state index contributed by atoms with van der Waals surface area (Å²) < 4.78 is 13.0. The van der Waals surface area contributed by atoms with Gasteiger partial charge in [-0.1, -0.05) is 72.2 Å². The maximum absolute atomic E-state index is 14.8. The van der Waals surface area contributed by atoms with Crippen LogP contribution in [0.4, 0.5) is 0 Å². The van der Waals surface area contributed by atoms with Crippen LogP contribution in [-0.2, 0) is 40.0 Å². The van der Waals surface area contributed by atoms with E-state index in [1.54, 1.807) is 27.7 Å². The van der Waals surface area contributed by atoms with Crippen LogP contribution in [-0.4, -0.2) is 95.6 Å². The first-order valence-corrected chi connectivity index (χ1v) is 25.1. The third kappa shape index (κ3) is 9.41. The number of esters is 2. The smallest absolute Gasteiger partial charge is 0.309 e. The van der Waals surface area contributed by atoms with Gasteiger partial charge in [-0.2, -0.15) is 0 Å². The van der Waals surface area contributed by atoms with Crippen LogP contribution in [0.3, 0.4) is 0 Å². The Morgan fingerprint density at radius 2 is 1.39 bits per heavy atom. The summed E-state index contributed by atoms with van der Waals surface area (Å²) in [6.45, 7) is 24.9. The highest BCUT2D eigenvalue weighted by molar-refractivity contribution is 6.30. The molecule has 1 aromatic rings. The van der Waals surface area contributed by atoms with Crippen molar-refractivity contribution in [2.75, 3.05) is 33.7 Å². The first-order chi connectivity index (χ1) is 30.4. The lowest BCUT2D eigenvalue weighted by Crippen LogP contribution is -2.66. The molecule has 4 fully saturated rings. The van der Waals surface area contributed by atoms with Crippen molar-refractivity contribution >= 4 is 41.3 Å². The van der Waals surface area contributed by atoms with Gasteiger partial charge in [0.1, 0.15) is 12.2 Å². The molecule has 5 aliphatic rings. The molecule has 4 saturated carbocycles. The predicted molar refractivity (Wildman–Crippen MR) is 257 cm³/mol. The van der Waals surface area contributed by atoms with Crippen molar-refractivity contribution in [2.24, 2.45) is 61.6 Å². The molecule has 0 spiro atoms. The maximum atomic E-state index is 14.8. The Bertz CT molecular complexity index is 2080. The van der Waals surface area contributed by atoms with E-state index in [9.17, 15) is 34.2 Å². The fourth-order valence-electron chi connectivity index (χ4n) is 14.5.